The largest absolute Gasteiger partial charge is 0.464 e. The zero-order chi connectivity index (χ0) is 18.7. The van der Waals surface area contributed by atoms with E-state index in [1.807, 2.05) is 30.3 Å². The molecule has 1 aromatic carbocycles. The minimum Gasteiger partial charge on any atom is -0.464 e. The highest BCUT2D eigenvalue weighted by molar-refractivity contribution is 6.14. The highest BCUT2D eigenvalue weighted by atomic mass is 16.6. The van der Waals surface area contributed by atoms with E-state index in [0.29, 0.717) is 0 Å². The molecule has 1 saturated heterocycles. The van der Waals surface area contributed by atoms with E-state index in [1.54, 1.807) is 27.7 Å². The summed E-state index contributed by atoms with van der Waals surface area (Å²) in [6.07, 6.45) is -0.713. The van der Waals surface area contributed by atoms with E-state index in [0.717, 1.165) is 10.5 Å². The van der Waals surface area contributed by atoms with Gasteiger partial charge in [0, 0.05) is 6.54 Å². The van der Waals surface area contributed by atoms with Crippen molar-refractivity contribution < 1.29 is 23.9 Å². The second-order valence-electron chi connectivity index (χ2n) is 6.82. The van der Waals surface area contributed by atoms with Gasteiger partial charge in [-0.05, 0) is 33.3 Å². The van der Waals surface area contributed by atoms with Crippen LogP contribution in [-0.4, -0.2) is 47.2 Å². The topological polar surface area (TPSA) is 84.7 Å². The number of carbonyl (C=O) groups is 3. The van der Waals surface area contributed by atoms with Gasteiger partial charge in [-0.3, -0.25) is 9.69 Å². The van der Waals surface area contributed by atoms with Crippen LogP contribution in [0.3, 0.4) is 0 Å². The number of hydrogen-bond donors (Lipinski definition) is 1. The summed E-state index contributed by atoms with van der Waals surface area (Å²) in [6, 6.07) is 9.29. The van der Waals surface area contributed by atoms with Crippen LogP contribution in [-0.2, 0) is 25.6 Å². The van der Waals surface area contributed by atoms with Crippen molar-refractivity contribution in [2.45, 2.75) is 45.4 Å². The first-order valence-electron chi connectivity index (χ1n) is 8.21. The summed E-state index contributed by atoms with van der Waals surface area (Å²) in [7, 11) is 0. The van der Waals surface area contributed by atoms with Crippen molar-refractivity contribution in [3.8, 4) is 0 Å². The van der Waals surface area contributed by atoms with Crippen LogP contribution in [0.15, 0.2) is 30.3 Å². The number of hydrogen-bond acceptors (Lipinski definition) is 5. The van der Waals surface area contributed by atoms with Gasteiger partial charge in [0.1, 0.15) is 5.60 Å². The van der Waals surface area contributed by atoms with Crippen LogP contribution < -0.4 is 5.32 Å². The lowest BCUT2D eigenvalue weighted by Gasteiger charge is -2.22. The highest BCUT2D eigenvalue weighted by Gasteiger charge is 2.69. The molecule has 1 aromatic rings. The molecule has 136 valence electrons. The van der Waals surface area contributed by atoms with E-state index in [1.165, 1.54) is 0 Å². The number of benzene rings is 1. The molecule has 0 aromatic heterocycles. The molecule has 0 saturated carbocycles. The lowest BCUT2D eigenvalue weighted by Crippen LogP contribution is -2.48. The molecule has 1 aliphatic heterocycles. The van der Waals surface area contributed by atoms with Gasteiger partial charge in [-0.25, -0.2) is 9.59 Å². The zero-order valence-corrected chi connectivity index (χ0v) is 15.0. The molecule has 7 heteroatoms. The maximum Gasteiger partial charge on any atom is 0.411 e. The fourth-order valence-electron chi connectivity index (χ4n) is 2.37. The third-order valence-electron chi connectivity index (χ3n) is 3.64. The Bertz CT molecular complexity index is 653. The average molecular weight is 348 g/mol. The van der Waals surface area contributed by atoms with Gasteiger partial charge >= 0.3 is 12.1 Å². The lowest BCUT2D eigenvalue weighted by molar-refractivity contribution is -0.151. The molecule has 2 rings (SSSR count). The summed E-state index contributed by atoms with van der Waals surface area (Å²) in [5.41, 5.74) is -1.48. The lowest BCUT2D eigenvalue weighted by atomic mass is 10.1. The molecule has 25 heavy (non-hydrogen) atoms. The zero-order valence-electron chi connectivity index (χ0n) is 15.0. The Labute approximate surface area is 147 Å². The van der Waals surface area contributed by atoms with Crippen molar-refractivity contribution in [3.05, 3.63) is 35.9 Å². The van der Waals surface area contributed by atoms with E-state index < -0.39 is 29.1 Å². The SMILES string of the molecule is CCOC(=O)C1(C(=O)NCc2ccccc2)CN1C(=O)OC(C)(C)C. The van der Waals surface area contributed by atoms with Crippen molar-refractivity contribution >= 4 is 18.0 Å². The van der Waals surface area contributed by atoms with Crippen molar-refractivity contribution in [3.63, 3.8) is 0 Å². The van der Waals surface area contributed by atoms with Crippen LogP contribution in [0.4, 0.5) is 4.79 Å². The van der Waals surface area contributed by atoms with Gasteiger partial charge in [0.2, 0.25) is 5.54 Å². The molecule has 0 radical (unpaired) electrons. The maximum atomic E-state index is 12.6. The average Bonchev–Trinajstić information content (AvgIpc) is 3.29. The molecule has 2 amide bonds. The number of amides is 2. The minimum atomic E-state index is -1.65. The van der Waals surface area contributed by atoms with Crippen LogP contribution in [0.1, 0.15) is 33.3 Å². The van der Waals surface area contributed by atoms with Crippen LogP contribution in [0.2, 0.25) is 0 Å². The minimum absolute atomic E-state index is 0.0542. The third kappa shape index (κ3) is 4.29. The van der Waals surface area contributed by atoms with Gasteiger partial charge in [-0.15, -0.1) is 0 Å². The number of ether oxygens (including phenoxy) is 2. The van der Waals surface area contributed by atoms with Gasteiger partial charge in [-0.2, -0.15) is 0 Å². The molecule has 1 atom stereocenters. The smallest absolute Gasteiger partial charge is 0.411 e. The number of nitrogens with zero attached hydrogens (tertiary/aromatic N) is 1. The van der Waals surface area contributed by atoms with Gasteiger partial charge in [-0.1, -0.05) is 30.3 Å². The summed E-state index contributed by atoms with van der Waals surface area (Å²) in [4.78, 5) is 38.3. The molecule has 0 bridgehead atoms. The summed E-state index contributed by atoms with van der Waals surface area (Å²) >= 11 is 0. The first-order valence-corrected chi connectivity index (χ1v) is 8.21. The normalized spacial score (nSPS) is 19.1. The quantitative estimate of drug-likeness (QED) is 0.499. The van der Waals surface area contributed by atoms with Crippen LogP contribution in [0.25, 0.3) is 0 Å². The molecule has 1 unspecified atom stereocenters. The van der Waals surface area contributed by atoms with Crippen molar-refractivity contribution in [2.24, 2.45) is 0 Å². The summed E-state index contributed by atoms with van der Waals surface area (Å²) in [5.74, 6) is -1.31. The predicted octanol–water partition coefficient (Wildman–Crippen LogP) is 1.86. The maximum absolute atomic E-state index is 12.6. The van der Waals surface area contributed by atoms with E-state index in [4.69, 9.17) is 9.47 Å². The Hall–Kier alpha value is -2.57. The van der Waals surface area contributed by atoms with E-state index in [-0.39, 0.29) is 19.7 Å². The Kier molecular flexibility index (Phi) is 5.35. The fraction of sp³-hybridized carbons (Fsp3) is 0.500. The first kappa shape index (κ1) is 18.8. The van der Waals surface area contributed by atoms with Gasteiger partial charge in [0.15, 0.2) is 0 Å². The third-order valence-corrected chi connectivity index (χ3v) is 3.64. The second kappa shape index (κ2) is 7.13. The monoisotopic (exact) mass is 348 g/mol. The van der Waals surface area contributed by atoms with Crippen LogP contribution >= 0.6 is 0 Å². The van der Waals surface area contributed by atoms with Gasteiger partial charge in [0.05, 0.1) is 13.2 Å². The molecule has 1 N–H and O–H groups in total. The Morgan fingerprint density at radius 1 is 1.20 bits per heavy atom. The molecule has 0 aliphatic carbocycles. The molecular formula is C18H24N2O5. The summed E-state index contributed by atoms with van der Waals surface area (Å²) in [6.45, 7) is 7.12. The van der Waals surface area contributed by atoms with Crippen molar-refractivity contribution in [1.29, 1.82) is 0 Å². The summed E-state index contributed by atoms with van der Waals surface area (Å²) in [5, 5.41) is 2.70. The van der Waals surface area contributed by atoms with Gasteiger partial charge < -0.3 is 14.8 Å². The summed E-state index contributed by atoms with van der Waals surface area (Å²) < 4.78 is 10.3. The standard InChI is InChI=1S/C18H24N2O5/c1-5-24-15(22)18(12-20(18)16(23)25-17(2,3)4)14(21)19-11-13-9-7-6-8-10-13/h6-10H,5,11-12H2,1-4H3,(H,19,21). The molecular weight excluding hydrogens is 324 g/mol. The van der Waals surface area contributed by atoms with E-state index >= 15 is 0 Å². The predicted molar refractivity (Wildman–Crippen MR) is 90.6 cm³/mol. The molecule has 1 aliphatic rings. The Morgan fingerprint density at radius 3 is 2.40 bits per heavy atom. The van der Waals surface area contributed by atoms with Crippen molar-refractivity contribution in [1.82, 2.24) is 10.2 Å². The van der Waals surface area contributed by atoms with E-state index in [2.05, 4.69) is 5.32 Å². The molecule has 1 fully saturated rings. The molecule has 0 spiro atoms. The Balaban J connectivity index is 2.10. The van der Waals surface area contributed by atoms with Crippen molar-refractivity contribution in [2.75, 3.05) is 13.2 Å². The van der Waals surface area contributed by atoms with Crippen LogP contribution in [0.5, 0.6) is 0 Å². The number of esters is 1. The fourth-order valence-corrected chi connectivity index (χ4v) is 2.37. The number of carbonyl (C=O) groups excluding carboxylic acids is 3. The molecule has 7 nitrogen and oxygen atoms in total. The molecule has 1 heterocycles. The van der Waals surface area contributed by atoms with Crippen LogP contribution in [0, 0.1) is 0 Å². The number of rotatable bonds is 5. The highest BCUT2D eigenvalue weighted by Crippen LogP contribution is 2.36. The number of nitrogens with one attached hydrogen (secondary N) is 1. The second-order valence-corrected chi connectivity index (χ2v) is 6.82. The Morgan fingerprint density at radius 2 is 1.84 bits per heavy atom. The van der Waals surface area contributed by atoms with E-state index in [9.17, 15) is 14.4 Å². The van der Waals surface area contributed by atoms with Gasteiger partial charge in [0.25, 0.3) is 5.91 Å². The first-order chi connectivity index (χ1) is 11.7.